The predicted octanol–water partition coefficient (Wildman–Crippen LogP) is 2.97. The third-order valence-electron chi connectivity index (χ3n) is 5.27. The topological polar surface area (TPSA) is 65.0 Å². The maximum absolute atomic E-state index is 12.8. The van der Waals surface area contributed by atoms with Gasteiger partial charge in [-0.25, -0.2) is 4.79 Å². The van der Waals surface area contributed by atoms with Crippen molar-refractivity contribution in [1.82, 2.24) is 9.80 Å². The summed E-state index contributed by atoms with van der Waals surface area (Å²) in [4.78, 5) is 17.0. The zero-order valence-electron chi connectivity index (χ0n) is 15.5. The first-order chi connectivity index (χ1) is 12.5. The molecule has 1 atom stereocenters. The van der Waals surface area contributed by atoms with E-state index in [2.05, 4.69) is 10.2 Å². The van der Waals surface area contributed by atoms with Gasteiger partial charge in [0.05, 0.1) is 12.8 Å². The SMILES string of the molecule is COc1cc(Cl)c(C)cc1NC(=O)N1CCN(CC2CC2)C(CCO)C1. The lowest BCUT2D eigenvalue weighted by atomic mass is 10.1. The molecule has 6 nitrogen and oxygen atoms in total. The number of anilines is 1. The molecule has 7 heteroatoms. The number of urea groups is 1. The molecule has 1 aromatic rings. The molecule has 0 bridgehead atoms. The zero-order valence-corrected chi connectivity index (χ0v) is 16.3. The number of amides is 2. The number of hydrogen-bond acceptors (Lipinski definition) is 4. The lowest BCUT2D eigenvalue weighted by Gasteiger charge is -2.41. The third kappa shape index (κ3) is 4.61. The first-order valence-corrected chi connectivity index (χ1v) is 9.64. The number of nitrogens with zero attached hydrogens (tertiary/aromatic N) is 2. The number of halogens is 1. The fourth-order valence-electron chi connectivity index (χ4n) is 3.50. The number of methoxy groups -OCH3 is 1. The minimum Gasteiger partial charge on any atom is -0.495 e. The largest absolute Gasteiger partial charge is 0.495 e. The summed E-state index contributed by atoms with van der Waals surface area (Å²) in [6, 6.07) is 3.62. The Balaban J connectivity index is 1.65. The number of aliphatic hydroxyl groups is 1. The van der Waals surface area contributed by atoms with Gasteiger partial charge in [-0.05, 0) is 43.7 Å². The summed E-state index contributed by atoms with van der Waals surface area (Å²) < 4.78 is 5.34. The van der Waals surface area contributed by atoms with Gasteiger partial charge in [-0.15, -0.1) is 0 Å². The van der Waals surface area contributed by atoms with Crippen molar-refractivity contribution in [3.8, 4) is 5.75 Å². The van der Waals surface area contributed by atoms with E-state index >= 15 is 0 Å². The summed E-state index contributed by atoms with van der Waals surface area (Å²) in [7, 11) is 1.56. The zero-order chi connectivity index (χ0) is 18.7. The Hall–Kier alpha value is -1.50. The molecule has 2 fully saturated rings. The van der Waals surface area contributed by atoms with E-state index < -0.39 is 0 Å². The van der Waals surface area contributed by atoms with Gasteiger partial charge in [-0.1, -0.05) is 11.6 Å². The Morgan fingerprint density at radius 1 is 1.38 bits per heavy atom. The molecule has 0 aromatic heterocycles. The summed E-state index contributed by atoms with van der Waals surface area (Å²) in [6.45, 7) is 5.30. The molecule has 1 aliphatic heterocycles. The van der Waals surface area contributed by atoms with E-state index in [1.807, 2.05) is 17.9 Å². The highest BCUT2D eigenvalue weighted by Gasteiger charge is 2.33. The van der Waals surface area contributed by atoms with Crippen LogP contribution in [0.4, 0.5) is 10.5 Å². The van der Waals surface area contributed by atoms with Crippen molar-refractivity contribution < 1.29 is 14.6 Å². The molecular formula is C19H28ClN3O3. The number of ether oxygens (including phenoxy) is 1. The molecule has 26 heavy (non-hydrogen) atoms. The average molecular weight is 382 g/mol. The number of carbonyl (C=O) groups is 1. The van der Waals surface area contributed by atoms with Crippen molar-refractivity contribution in [1.29, 1.82) is 0 Å². The molecule has 2 N–H and O–H groups in total. The first kappa shape index (κ1) is 19.3. The Morgan fingerprint density at radius 3 is 2.81 bits per heavy atom. The van der Waals surface area contributed by atoms with Crippen molar-refractivity contribution in [2.45, 2.75) is 32.2 Å². The second-order valence-corrected chi connectivity index (χ2v) is 7.69. The molecule has 0 spiro atoms. The van der Waals surface area contributed by atoms with Crippen LogP contribution in [0.3, 0.4) is 0 Å². The number of benzene rings is 1. The molecule has 1 aliphatic carbocycles. The van der Waals surface area contributed by atoms with Crippen molar-refractivity contribution in [3.05, 3.63) is 22.7 Å². The minimum atomic E-state index is -0.140. The van der Waals surface area contributed by atoms with E-state index in [4.69, 9.17) is 16.3 Å². The molecule has 2 aliphatic rings. The predicted molar refractivity (Wildman–Crippen MR) is 103 cm³/mol. The Labute approximate surface area is 160 Å². The third-order valence-corrected chi connectivity index (χ3v) is 5.67. The van der Waals surface area contributed by atoms with Crippen LogP contribution in [0.15, 0.2) is 12.1 Å². The van der Waals surface area contributed by atoms with Gasteiger partial charge >= 0.3 is 6.03 Å². The second-order valence-electron chi connectivity index (χ2n) is 7.28. The van der Waals surface area contributed by atoms with Crippen LogP contribution in [0, 0.1) is 12.8 Å². The standard InChI is InChI=1S/C19H28ClN3O3/c1-13-9-17(18(26-2)10-16(13)20)21-19(25)23-7-6-22(11-14-3-4-14)15(12-23)5-8-24/h9-10,14-15,24H,3-8,11-12H2,1-2H3,(H,21,25). The number of carbonyl (C=O) groups excluding carboxylic acids is 1. The number of piperazine rings is 1. The second kappa shape index (κ2) is 8.46. The summed E-state index contributed by atoms with van der Waals surface area (Å²) >= 11 is 6.13. The van der Waals surface area contributed by atoms with Crippen LogP contribution in [0.2, 0.25) is 5.02 Å². The van der Waals surface area contributed by atoms with Gasteiger partial charge in [0.15, 0.2) is 0 Å². The summed E-state index contributed by atoms with van der Waals surface area (Å²) in [5.74, 6) is 1.35. The first-order valence-electron chi connectivity index (χ1n) is 9.26. The van der Waals surface area contributed by atoms with Crippen LogP contribution < -0.4 is 10.1 Å². The molecule has 2 amide bonds. The van der Waals surface area contributed by atoms with Crippen molar-refractivity contribution in [3.63, 3.8) is 0 Å². The molecule has 1 unspecified atom stereocenters. The Bertz CT molecular complexity index is 651. The smallest absolute Gasteiger partial charge is 0.322 e. The van der Waals surface area contributed by atoms with Gasteiger partial charge in [0, 0.05) is 49.9 Å². The highest BCUT2D eigenvalue weighted by Crippen LogP contribution is 2.32. The highest BCUT2D eigenvalue weighted by molar-refractivity contribution is 6.31. The molecule has 1 saturated heterocycles. The molecule has 1 saturated carbocycles. The van der Waals surface area contributed by atoms with Crippen molar-refractivity contribution >= 4 is 23.3 Å². The number of nitrogens with one attached hydrogen (secondary N) is 1. The van der Waals surface area contributed by atoms with E-state index in [1.54, 1.807) is 13.2 Å². The van der Waals surface area contributed by atoms with Gasteiger partial charge in [0.1, 0.15) is 5.75 Å². The van der Waals surface area contributed by atoms with E-state index in [9.17, 15) is 9.90 Å². The lowest BCUT2D eigenvalue weighted by Crippen LogP contribution is -2.56. The Kier molecular flexibility index (Phi) is 6.27. The van der Waals surface area contributed by atoms with E-state index in [0.717, 1.165) is 24.6 Å². The summed E-state index contributed by atoms with van der Waals surface area (Å²) in [5, 5.41) is 13.0. The number of rotatable bonds is 6. The van der Waals surface area contributed by atoms with E-state index in [-0.39, 0.29) is 18.7 Å². The number of aryl methyl sites for hydroxylation is 1. The Morgan fingerprint density at radius 2 is 2.15 bits per heavy atom. The summed E-state index contributed by atoms with van der Waals surface area (Å²) in [5.41, 5.74) is 1.51. The normalized spacial score (nSPS) is 20.9. The minimum absolute atomic E-state index is 0.140. The maximum Gasteiger partial charge on any atom is 0.322 e. The fraction of sp³-hybridized carbons (Fsp3) is 0.632. The molecule has 144 valence electrons. The van der Waals surface area contributed by atoms with Crippen molar-refractivity contribution in [2.75, 3.05) is 45.2 Å². The van der Waals surface area contributed by atoms with Gasteiger partial charge < -0.3 is 20.1 Å². The van der Waals surface area contributed by atoms with Gasteiger partial charge in [-0.2, -0.15) is 0 Å². The summed E-state index contributed by atoms with van der Waals surface area (Å²) in [6.07, 6.45) is 3.31. The number of aliphatic hydroxyl groups excluding tert-OH is 1. The van der Waals surface area contributed by atoms with Crippen LogP contribution in [0.5, 0.6) is 5.75 Å². The van der Waals surface area contributed by atoms with Crippen LogP contribution in [0.25, 0.3) is 0 Å². The van der Waals surface area contributed by atoms with Gasteiger partial charge in [0.2, 0.25) is 0 Å². The van der Waals surface area contributed by atoms with E-state index in [0.29, 0.717) is 36.0 Å². The van der Waals surface area contributed by atoms with Gasteiger partial charge in [0.25, 0.3) is 0 Å². The quantitative estimate of drug-likeness (QED) is 0.795. The molecule has 1 aromatic carbocycles. The fourth-order valence-corrected chi connectivity index (χ4v) is 3.65. The molecular weight excluding hydrogens is 354 g/mol. The van der Waals surface area contributed by atoms with Crippen LogP contribution in [-0.4, -0.2) is 66.9 Å². The van der Waals surface area contributed by atoms with Crippen LogP contribution >= 0.6 is 11.6 Å². The van der Waals surface area contributed by atoms with Crippen molar-refractivity contribution in [2.24, 2.45) is 5.92 Å². The van der Waals surface area contributed by atoms with Crippen LogP contribution in [-0.2, 0) is 0 Å². The molecule has 1 heterocycles. The van der Waals surface area contributed by atoms with E-state index in [1.165, 1.54) is 12.8 Å². The average Bonchev–Trinajstić information content (AvgIpc) is 3.43. The monoisotopic (exact) mass is 381 g/mol. The van der Waals surface area contributed by atoms with Crippen LogP contribution in [0.1, 0.15) is 24.8 Å². The molecule has 0 radical (unpaired) electrons. The maximum atomic E-state index is 12.8. The van der Waals surface area contributed by atoms with Gasteiger partial charge in [-0.3, -0.25) is 4.90 Å². The molecule has 3 rings (SSSR count). The lowest BCUT2D eigenvalue weighted by molar-refractivity contribution is 0.0739. The highest BCUT2D eigenvalue weighted by atomic mass is 35.5. The number of hydrogen-bond donors (Lipinski definition) is 2.